The number of aromatic nitrogens is 2. The molecule has 0 radical (unpaired) electrons. The minimum atomic E-state index is -0.229. The predicted molar refractivity (Wildman–Crippen MR) is 106 cm³/mol. The highest BCUT2D eigenvalue weighted by Gasteiger charge is 2.12. The average molecular weight is 362 g/mol. The Morgan fingerprint density at radius 3 is 2.59 bits per heavy atom. The number of para-hydroxylation sites is 1. The van der Waals surface area contributed by atoms with Crippen molar-refractivity contribution in [2.45, 2.75) is 6.42 Å². The number of nitrogens with zero attached hydrogens (tertiary/aromatic N) is 3. The summed E-state index contributed by atoms with van der Waals surface area (Å²) < 4.78 is 5.23. The van der Waals surface area contributed by atoms with E-state index in [4.69, 9.17) is 4.74 Å². The van der Waals surface area contributed by atoms with Crippen LogP contribution >= 0.6 is 0 Å². The third-order valence-corrected chi connectivity index (χ3v) is 4.23. The molecule has 27 heavy (non-hydrogen) atoms. The number of anilines is 2. The lowest BCUT2D eigenvalue weighted by atomic mass is 10.2. The fraction of sp³-hybridized carbons (Fsp3) is 0.190. The second-order valence-electron chi connectivity index (χ2n) is 6.09. The molecule has 0 bridgehead atoms. The van der Waals surface area contributed by atoms with Crippen LogP contribution < -0.4 is 15.0 Å². The van der Waals surface area contributed by atoms with Gasteiger partial charge in [-0.1, -0.05) is 12.1 Å². The lowest BCUT2D eigenvalue weighted by Crippen LogP contribution is -2.21. The van der Waals surface area contributed by atoms with Crippen molar-refractivity contribution in [3.8, 4) is 5.75 Å². The molecule has 0 spiro atoms. The molecule has 2 heterocycles. The lowest BCUT2D eigenvalue weighted by molar-refractivity contribution is 0.102. The number of hydrogen-bond acceptors (Lipinski definition) is 5. The van der Waals surface area contributed by atoms with Crippen molar-refractivity contribution < 1.29 is 9.53 Å². The van der Waals surface area contributed by atoms with Crippen LogP contribution in [0.4, 0.5) is 11.5 Å². The first kappa shape index (κ1) is 18.4. The highest BCUT2D eigenvalue weighted by Crippen LogP contribution is 2.20. The number of carbonyl (C=O) groups excluding carboxylic acids is 1. The van der Waals surface area contributed by atoms with E-state index in [1.54, 1.807) is 43.9 Å². The van der Waals surface area contributed by atoms with Crippen LogP contribution in [0, 0.1) is 0 Å². The third kappa shape index (κ3) is 4.82. The van der Waals surface area contributed by atoms with E-state index in [1.807, 2.05) is 37.4 Å². The standard InChI is InChI=1S/C21H22N4O2/c1-25(14-11-16-9-12-22-13-10-16)20-8-7-17(15-23-20)24-21(26)18-5-3-4-6-19(18)27-2/h3-10,12-13,15H,11,14H2,1-2H3,(H,24,26). The van der Waals surface area contributed by atoms with Gasteiger partial charge in [-0.05, 0) is 48.4 Å². The number of rotatable bonds is 7. The van der Waals surface area contributed by atoms with E-state index in [2.05, 4.69) is 20.2 Å². The Morgan fingerprint density at radius 2 is 1.89 bits per heavy atom. The molecule has 0 saturated carbocycles. The molecule has 138 valence electrons. The second-order valence-corrected chi connectivity index (χ2v) is 6.09. The van der Waals surface area contributed by atoms with Crippen LogP contribution in [0.15, 0.2) is 67.1 Å². The molecule has 0 aliphatic heterocycles. The Kier molecular flexibility index (Phi) is 5.99. The SMILES string of the molecule is COc1ccccc1C(=O)Nc1ccc(N(C)CCc2ccncc2)nc1. The largest absolute Gasteiger partial charge is 0.496 e. The molecular weight excluding hydrogens is 340 g/mol. The molecule has 0 unspecified atom stereocenters. The highest BCUT2D eigenvalue weighted by molar-refractivity contribution is 6.06. The zero-order chi connectivity index (χ0) is 19.1. The Bertz CT molecular complexity index is 882. The molecule has 0 fully saturated rings. The predicted octanol–water partition coefficient (Wildman–Crippen LogP) is 3.42. The minimum Gasteiger partial charge on any atom is -0.496 e. The smallest absolute Gasteiger partial charge is 0.259 e. The number of hydrogen-bond donors (Lipinski definition) is 1. The normalized spacial score (nSPS) is 10.3. The molecule has 1 amide bonds. The summed E-state index contributed by atoms with van der Waals surface area (Å²) in [6.07, 6.45) is 6.16. The Balaban J connectivity index is 1.60. The van der Waals surface area contributed by atoms with Crippen LogP contribution in [0.1, 0.15) is 15.9 Å². The molecule has 1 aromatic carbocycles. The van der Waals surface area contributed by atoms with Crippen LogP contribution in [0.3, 0.4) is 0 Å². The molecule has 0 atom stereocenters. The highest BCUT2D eigenvalue weighted by atomic mass is 16.5. The first-order valence-corrected chi connectivity index (χ1v) is 8.68. The van der Waals surface area contributed by atoms with Crippen molar-refractivity contribution in [1.29, 1.82) is 0 Å². The zero-order valence-corrected chi connectivity index (χ0v) is 15.4. The molecule has 0 saturated heterocycles. The van der Waals surface area contributed by atoms with Gasteiger partial charge in [0.25, 0.3) is 5.91 Å². The first-order chi connectivity index (χ1) is 13.2. The molecule has 3 aromatic rings. The fourth-order valence-corrected chi connectivity index (χ4v) is 2.68. The summed E-state index contributed by atoms with van der Waals surface area (Å²) in [6, 6.07) is 14.9. The van der Waals surface area contributed by atoms with Gasteiger partial charge in [-0.25, -0.2) is 4.98 Å². The number of pyridine rings is 2. The maximum atomic E-state index is 12.4. The molecule has 6 nitrogen and oxygen atoms in total. The first-order valence-electron chi connectivity index (χ1n) is 8.68. The summed E-state index contributed by atoms with van der Waals surface area (Å²) >= 11 is 0. The van der Waals surface area contributed by atoms with E-state index in [0.29, 0.717) is 17.0 Å². The van der Waals surface area contributed by atoms with Gasteiger partial charge in [-0.2, -0.15) is 0 Å². The fourth-order valence-electron chi connectivity index (χ4n) is 2.68. The zero-order valence-electron chi connectivity index (χ0n) is 15.4. The number of nitrogens with one attached hydrogen (secondary N) is 1. The van der Waals surface area contributed by atoms with E-state index in [-0.39, 0.29) is 5.91 Å². The monoisotopic (exact) mass is 362 g/mol. The number of benzene rings is 1. The number of likely N-dealkylation sites (N-methyl/N-ethyl adjacent to an activating group) is 1. The van der Waals surface area contributed by atoms with Crippen molar-refractivity contribution in [2.75, 3.05) is 30.9 Å². The van der Waals surface area contributed by atoms with Crippen molar-refractivity contribution in [3.63, 3.8) is 0 Å². The lowest BCUT2D eigenvalue weighted by Gasteiger charge is -2.18. The van der Waals surface area contributed by atoms with Gasteiger partial charge in [0.1, 0.15) is 11.6 Å². The summed E-state index contributed by atoms with van der Waals surface area (Å²) in [5.41, 5.74) is 2.35. The van der Waals surface area contributed by atoms with Crippen molar-refractivity contribution >= 4 is 17.4 Å². The Labute approximate surface area is 158 Å². The molecule has 0 aliphatic rings. The molecule has 0 aliphatic carbocycles. The number of methoxy groups -OCH3 is 1. The van der Waals surface area contributed by atoms with Gasteiger partial charge in [0, 0.05) is 26.0 Å². The number of amides is 1. The summed E-state index contributed by atoms with van der Waals surface area (Å²) in [7, 11) is 3.54. The Morgan fingerprint density at radius 1 is 1.11 bits per heavy atom. The van der Waals surface area contributed by atoms with Crippen LogP contribution in [-0.2, 0) is 6.42 Å². The van der Waals surface area contributed by atoms with Gasteiger partial charge < -0.3 is 15.0 Å². The van der Waals surface area contributed by atoms with E-state index in [9.17, 15) is 4.79 Å². The Hall–Kier alpha value is -3.41. The van der Waals surface area contributed by atoms with Gasteiger partial charge in [-0.15, -0.1) is 0 Å². The van der Waals surface area contributed by atoms with Crippen LogP contribution in [0.25, 0.3) is 0 Å². The molecule has 3 rings (SSSR count). The van der Waals surface area contributed by atoms with E-state index >= 15 is 0 Å². The maximum absolute atomic E-state index is 12.4. The molecule has 2 aromatic heterocycles. The van der Waals surface area contributed by atoms with Gasteiger partial charge in [0.2, 0.25) is 0 Å². The molecule has 1 N–H and O–H groups in total. The summed E-state index contributed by atoms with van der Waals surface area (Å²) in [4.78, 5) is 23.0. The second kappa shape index (κ2) is 8.80. The summed E-state index contributed by atoms with van der Waals surface area (Å²) in [6.45, 7) is 0.837. The van der Waals surface area contributed by atoms with Gasteiger partial charge in [-0.3, -0.25) is 9.78 Å². The van der Waals surface area contributed by atoms with Gasteiger partial charge in [0.05, 0.1) is 24.6 Å². The van der Waals surface area contributed by atoms with Crippen LogP contribution in [-0.4, -0.2) is 36.6 Å². The summed E-state index contributed by atoms with van der Waals surface area (Å²) in [5.74, 6) is 1.16. The maximum Gasteiger partial charge on any atom is 0.259 e. The van der Waals surface area contributed by atoms with Gasteiger partial charge in [0.15, 0.2) is 0 Å². The average Bonchev–Trinajstić information content (AvgIpc) is 2.73. The van der Waals surface area contributed by atoms with Crippen molar-refractivity contribution in [3.05, 3.63) is 78.2 Å². The van der Waals surface area contributed by atoms with E-state index in [0.717, 1.165) is 18.8 Å². The number of carbonyl (C=O) groups is 1. The summed E-state index contributed by atoms with van der Waals surface area (Å²) in [5, 5.41) is 2.85. The minimum absolute atomic E-state index is 0.229. The van der Waals surface area contributed by atoms with Crippen molar-refractivity contribution in [2.24, 2.45) is 0 Å². The van der Waals surface area contributed by atoms with Crippen molar-refractivity contribution in [1.82, 2.24) is 9.97 Å². The quantitative estimate of drug-likeness (QED) is 0.698. The number of ether oxygens (including phenoxy) is 1. The van der Waals surface area contributed by atoms with Crippen LogP contribution in [0.5, 0.6) is 5.75 Å². The van der Waals surface area contributed by atoms with E-state index < -0.39 is 0 Å². The molecule has 6 heteroatoms. The molecular formula is C21H22N4O2. The van der Waals surface area contributed by atoms with Crippen LogP contribution in [0.2, 0.25) is 0 Å². The third-order valence-electron chi connectivity index (χ3n) is 4.23. The van der Waals surface area contributed by atoms with E-state index in [1.165, 1.54) is 5.56 Å². The topological polar surface area (TPSA) is 67.3 Å². The van der Waals surface area contributed by atoms with Gasteiger partial charge >= 0.3 is 0 Å².